The smallest absolute Gasteiger partial charge is 0.312 e. The fraction of sp³-hybridized carbons (Fsp3) is 1.00. The van der Waals surface area contributed by atoms with Gasteiger partial charge in [0.25, 0.3) is 0 Å². The van der Waals surface area contributed by atoms with E-state index in [-0.39, 0.29) is 6.61 Å². The van der Waals surface area contributed by atoms with Crippen LogP contribution in [0.15, 0.2) is 0 Å². The Morgan fingerprint density at radius 1 is 1.50 bits per heavy atom. The third-order valence-electron chi connectivity index (χ3n) is 1.68. The van der Waals surface area contributed by atoms with E-state index < -0.39 is 17.9 Å². The van der Waals surface area contributed by atoms with Gasteiger partial charge in [-0.05, 0) is 13.8 Å². The molecule has 2 atom stereocenters. The quantitative estimate of drug-likeness (QED) is 0.554. The lowest BCUT2D eigenvalue weighted by Gasteiger charge is -2.23. The van der Waals surface area contributed by atoms with Gasteiger partial charge < -0.3 is 19.7 Å². The number of methoxy groups -OCH3 is 1. The summed E-state index contributed by atoms with van der Waals surface area (Å²) in [7, 11) is 1.29. The first kappa shape index (κ1) is 9.88. The molecule has 5 nitrogen and oxygen atoms in total. The molecule has 1 heterocycles. The highest BCUT2D eigenvalue weighted by Gasteiger charge is 2.53. The number of hydrogen-bond donors (Lipinski definition) is 2. The van der Waals surface area contributed by atoms with Crippen molar-refractivity contribution < 1.29 is 24.4 Å². The molecule has 5 heteroatoms. The maximum atomic E-state index is 9.57. The first-order valence-electron chi connectivity index (χ1n) is 3.70. The van der Waals surface area contributed by atoms with Gasteiger partial charge in [-0.1, -0.05) is 0 Å². The Morgan fingerprint density at radius 3 is 2.42 bits per heavy atom. The highest BCUT2D eigenvalue weighted by atomic mass is 16.9. The zero-order chi connectivity index (χ0) is 9.41. The van der Waals surface area contributed by atoms with E-state index in [2.05, 4.69) is 4.74 Å². The van der Waals surface area contributed by atoms with Crippen molar-refractivity contribution in [3.05, 3.63) is 0 Å². The van der Waals surface area contributed by atoms with E-state index in [0.29, 0.717) is 0 Å². The summed E-state index contributed by atoms with van der Waals surface area (Å²) < 4.78 is 14.9. The van der Waals surface area contributed by atoms with E-state index in [4.69, 9.17) is 14.6 Å². The van der Waals surface area contributed by atoms with Gasteiger partial charge in [0.1, 0.15) is 0 Å². The van der Waals surface area contributed by atoms with Crippen LogP contribution in [0.2, 0.25) is 0 Å². The minimum atomic E-state index is -1.84. The van der Waals surface area contributed by atoms with Crippen LogP contribution in [0.5, 0.6) is 0 Å². The third-order valence-corrected chi connectivity index (χ3v) is 1.68. The Kier molecular flexibility index (Phi) is 2.42. The van der Waals surface area contributed by atoms with Gasteiger partial charge in [0.15, 0.2) is 11.9 Å². The van der Waals surface area contributed by atoms with Crippen LogP contribution in [0.1, 0.15) is 13.8 Å². The van der Waals surface area contributed by atoms with Gasteiger partial charge in [-0.25, -0.2) is 0 Å². The van der Waals surface area contributed by atoms with Gasteiger partial charge in [-0.15, -0.1) is 0 Å². The summed E-state index contributed by atoms with van der Waals surface area (Å²) in [6, 6.07) is 0. The predicted octanol–water partition coefficient (Wildman–Crippen LogP) is -0.577. The zero-order valence-corrected chi connectivity index (χ0v) is 7.40. The largest absolute Gasteiger partial charge is 0.393 e. The Labute approximate surface area is 70.9 Å². The SMILES string of the molecule is CO[C@@]1(O)OC(C)(C)OC1CO. The van der Waals surface area contributed by atoms with Crippen LogP contribution in [0.25, 0.3) is 0 Å². The number of rotatable bonds is 2. The second-order valence-electron chi connectivity index (χ2n) is 3.13. The third kappa shape index (κ3) is 1.60. The van der Waals surface area contributed by atoms with Crippen molar-refractivity contribution in [1.29, 1.82) is 0 Å². The molecule has 0 bridgehead atoms. The van der Waals surface area contributed by atoms with Gasteiger partial charge >= 0.3 is 5.97 Å². The van der Waals surface area contributed by atoms with Crippen LogP contribution in [0.3, 0.4) is 0 Å². The normalized spacial score (nSPS) is 40.2. The lowest BCUT2D eigenvalue weighted by Crippen LogP contribution is -2.43. The molecule has 1 saturated heterocycles. The molecule has 0 amide bonds. The average Bonchev–Trinajstić information content (AvgIpc) is 2.22. The van der Waals surface area contributed by atoms with Crippen LogP contribution in [0, 0.1) is 0 Å². The standard InChI is InChI=1S/C7H14O5/c1-6(2)11-5(4-8)7(9,10-3)12-6/h5,8-9H,4H2,1-3H3/t5?,7-/m1/s1. The van der Waals surface area contributed by atoms with E-state index in [0.717, 1.165) is 0 Å². The average molecular weight is 178 g/mol. The molecule has 0 aromatic carbocycles. The summed E-state index contributed by atoms with van der Waals surface area (Å²) in [6.07, 6.45) is -0.863. The number of hydrogen-bond acceptors (Lipinski definition) is 5. The van der Waals surface area contributed by atoms with Crippen molar-refractivity contribution in [3.8, 4) is 0 Å². The van der Waals surface area contributed by atoms with Crippen molar-refractivity contribution in [3.63, 3.8) is 0 Å². The number of ether oxygens (including phenoxy) is 3. The predicted molar refractivity (Wildman–Crippen MR) is 39.1 cm³/mol. The van der Waals surface area contributed by atoms with E-state index in [1.165, 1.54) is 7.11 Å². The highest BCUT2D eigenvalue weighted by Crippen LogP contribution is 2.34. The fourth-order valence-electron chi connectivity index (χ4n) is 1.18. The van der Waals surface area contributed by atoms with Crippen LogP contribution < -0.4 is 0 Å². The van der Waals surface area contributed by atoms with Crippen LogP contribution in [-0.4, -0.2) is 41.8 Å². The summed E-state index contributed by atoms with van der Waals surface area (Å²) >= 11 is 0. The molecular weight excluding hydrogens is 164 g/mol. The van der Waals surface area contributed by atoms with E-state index in [1.54, 1.807) is 13.8 Å². The lowest BCUT2D eigenvalue weighted by atomic mass is 10.3. The van der Waals surface area contributed by atoms with Crippen molar-refractivity contribution in [2.24, 2.45) is 0 Å². The highest BCUT2D eigenvalue weighted by molar-refractivity contribution is 4.79. The maximum absolute atomic E-state index is 9.57. The molecule has 2 N–H and O–H groups in total. The Bertz CT molecular complexity index is 169. The van der Waals surface area contributed by atoms with Crippen molar-refractivity contribution in [2.45, 2.75) is 31.7 Å². The maximum Gasteiger partial charge on any atom is 0.312 e. The molecule has 1 aliphatic heterocycles. The van der Waals surface area contributed by atoms with Gasteiger partial charge in [-0.3, -0.25) is 4.74 Å². The van der Waals surface area contributed by atoms with Gasteiger partial charge in [0.2, 0.25) is 0 Å². The molecule has 1 fully saturated rings. The molecule has 0 aromatic heterocycles. The molecule has 1 unspecified atom stereocenters. The topological polar surface area (TPSA) is 68.2 Å². The molecule has 72 valence electrons. The molecule has 0 saturated carbocycles. The minimum Gasteiger partial charge on any atom is -0.393 e. The van der Waals surface area contributed by atoms with Crippen molar-refractivity contribution in [2.75, 3.05) is 13.7 Å². The Hall–Kier alpha value is -0.200. The molecule has 0 aliphatic carbocycles. The van der Waals surface area contributed by atoms with Gasteiger partial charge in [-0.2, -0.15) is 0 Å². The summed E-state index contributed by atoms with van der Waals surface area (Å²) in [5.74, 6) is -2.77. The van der Waals surface area contributed by atoms with Crippen LogP contribution in [-0.2, 0) is 14.2 Å². The Balaban J connectivity index is 2.76. The second-order valence-corrected chi connectivity index (χ2v) is 3.13. The second kappa shape index (κ2) is 2.93. The van der Waals surface area contributed by atoms with Crippen molar-refractivity contribution in [1.82, 2.24) is 0 Å². The molecule has 1 aliphatic rings. The molecule has 0 aromatic rings. The van der Waals surface area contributed by atoms with Gasteiger partial charge in [0, 0.05) is 7.11 Å². The zero-order valence-electron chi connectivity index (χ0n) is 7.40. The van der Waals surface area contributed by atoms with E-state index >= 15 is 0 Å². The molecular formula is C7H14O5. The van der Waals surface area contributed by atoms with Crippen LogP contribution >= 0.6 is 0 Å². The summed E-state index contributed by atoms with van der Waals surface area (Å²) in [4.78, 5) is 0. The summed E-state index contributed by atoms with van der Waals surface area (Å²) in [5.41, 5.74) is 0. The van der Waals surface area contributed by atoms with Gasteiger partial charge in [0.05, 0.1) is 6.61 Å². The first-order chi connectivity index (χ1) is 5.43. The molecule has 0 radical (unpaired) electrons. The first-order valence-corrected chi connectivity index (χ1v) is 3.70. The Morgan fingerprint density at radius 2 is 2.08 bits per heavy atom. The van der Waals surface area contributed by atoms with E-state index in [1.807, 2.05) is 0 Å². The summed E-state index contributed by atoms with van der Waals surface area (Å²) in [5, 5.41) is 18.4. The lowest BCUT2D eigenvalue weighted by molar-refractivity contribution is -0.357. The van der Waals surface area contributed by atoms with Crippen LogP contribution in [0.4, 0.5) is 0 Å². The molecule has 0 spiro atoms. The van der Waals surface area contributed by atoms with Crippen molar-refractivity contribution >= 4 is 0 Å². The minimum absolute atomic E-state index is 0.353. The number of aliphatic hydroxyl groups excluding tert-OH is 1. The summed E-state index contributed by atoms with van der Waals surface area (Å²) in [6.45, 7) is 2.91. The van der Waals surface area contributed by atoms with E-state index in [9.17, 15) is 5.11 Å². The molecule has 1 rings (SSSR count). The number of aliphatic hydroxyl groups is 2. The monoisotopic (exact) mass is 178 g/mol. The molecule has 12 heavy (non-hydrogen) atoms. The fourth-order valence-corrected chi connectivity index (χ4v) is 1.18.